The average Bonchev–Trinajstić information content (AvgIpc) is 3.02. The zero-order chi connectivity index (χ0) is 20.3. The number of carbonyl (C=O) groups is 2. The highest BCUT2D eigenvalue weighted by Crippen LogP contribution is 2.32. The standard InChI is InChI=1S/C19H21N3O6/c1-11(23)26-10-14-8-16(27-12(2)24)18(28-14)22-9-15(17(20)21-19(22)25)13-6-4-3-5-7-13/h3-7,9,14,16,18H,8,10H2,1-2H3,(H2,20,21,25)/t14-,16+,18+/m0/s1. The van der Waals surface area contributed by atoms with E-state index < -0.39 is 36.1 Å². The Morgan fingerprint density at radius 2 is 1.96 bits per heavy atom. The molecular weight excluding hydrogens is 366 g/mol. The fourth-order valence-corrected chi connectivity index (χ4v) is 3.10. The number of benzene rings is 1. The molecule has 1 aromatic carbocycles. The molecule has 0 unspecified atom stereocenters. The summed E-state index contributed by atoms with van der Waals surface area (Å²) in [5, 5.41) is 0. The lowest BCUT2D eigenvalue weighted by atomic mass is 10.1. The summed E-state index contributed by atoms with van der Waals surface area (Å²) in [6.07, 6.45) is -0.357. The van der Waals surface area contributed by atoms with Gasteiger partial charge < -0.3 is 19.9 Å². The van der Waals surface area contributed by atoms with Crippen LogP contribution in [0.5, 0.6) is 0 Å². The van der Waals surface area contributed by atoms with Gasteiger partial charge in [0.2, 0.25) is 0 Å². The largest absolute Gasteiger partial charge is 0.463 e. The van der Waals surface area contributed by atoms with Crippen molar-refractivity contribution in [1.82, 2.24) is 9.55 Å². The first kappa shape index (κ1) is 19.6. The molecule has 0 amide bonds. The molecule has 1 saturated heterocycles. The highest BCUT2D eigenvalue weighted by atomic mass is 16.6. The molecule has 1 aliphatic heterocycles. The molecular formula is C19H21N3O6. The van der Waals surface area contributed by atoms with Gasteiger partial charge in [0, 0.05) is 32.0 Å². The maximum Gasteiger partial charge on any atom is 0.351 e. The zero-order valence-corrected chi connectivity index (χ0v) is 15.5. The van der Waals surface area contributed by atoms with Crippen LogP contribution in [0.15, 0.2) is 41.3 Å². The number of aromatic nitrogens is 2. The van der Waals surface area contributed by atoms with E-state index in [0.717, 1.165) is 5.56 Å². The fourth-order valence-electron chi connectivity index (χ4n) is 3.10. The van der Waals surface area contributed by atoms with Gasteiger partial charge in [-0.2, -0.15) is 4.98 Å². The van der Waals surface area contributed by atoms with Crippen LogP contribution < -0.4 is 11.4 Å². The summed E-state index contributed by atoms with van der Waals surface area (Å²) in [4.78, 5) is 38.9. The Kier molecular flexibility index (Phi) is 5.74. The van der Waals surface area contributed by atoms with Crippen LogP contribution in [-0.2, 0) is 23.8 Å². The number of nitrogen functional groups attached to an aromatic ring is 1. The molecule has 2 aromatic rings. The average molecular weight is 387 g/mol. The Balaban J connectivity index is 1.96. The Labute approximate surface area is 161 Å². The van der Waals surface area contributed by atoms with Crippen molar-refractivity contribution >= 4 is 17.8 Å². The summed E-state index contributed by atoms with van der Waals surface area (Å²) in [7, 11) is 0. The van der Waals surface area contributed by atoms with Crippen molar-refractivity contribution in [2.24, 2.45) is 0 Å². The first-order valence-corrected chi connectivity index (χ1v) is 8.75. The molecule has 1 aliphatic rings. The monoisotopic (exact) mass is 387 g/mol. The van der Waals surface area contributed by atoms with Crippen LogP contribution in [0.2, 0.25) is 0 Å². The van der Waals surface area contributed by atoms with Crippen molar-refractivity contribution in [1.29, 1.82) is 0 Å². The lowest BCUT2D eigenvalue weighted by molar-refractivity contribution is -0.153. The number of hydrogen-bond donors (Lipinski definition) is 1. The maximum absolute atomic E-state index is 12.5. The van der Waals surface area contributed by atoms with Gasteiger partial charge in [-0.15, -0.1) is 0 Å². The predicted octanol–water partition coefficient (Wildman–Crippen LogP) is 1.27. The van der Waals surface area contributed by atoms with E-state index in [1.807, 2.05) is 30.3 Å². The molecule has 0 spiro atoms. The molecule has 0 saturated carbocycles. The topological polar surface area (TPSA) is 123 Å². The minimum absolute atomic E-state index is 0.00765. The van der Waals surface area contributed by atoms with Crippen LogP contribution in [0.3, 0.4) is 0 Å². The molecule has 0 aliphatic carbocycles. The van der Waals surface area contributed by atoms with Crippen molar-refractivity contribution in [3.05, 3.63) is 47.0 Å². The Morgan fingerprint density at radius 1 is 1.25 bits per heavy atom. The summed E-state index contributed by atoms with van der Waals surface area (Å²) in [6.45, 7) is 2.55. The van der Waals surface area contributed by atoms with Crippen LogP contribution in [0.1, 0.15) is 26.5 Å². The van der Waals surface area contributed by atoms with E-state index in [2.05, 4.69) is 4.98 Å². The summed E-state index contributed by atoms with van der Waals surface area (Å²) >= 11 is 0. The summed E-state index contributed by atoms with van der Waals surface area (Å²) in [5.74, 6) is -0.869. The maximum atomic E-state index is 12.5. The summed E-state index contributed by atoms with van der Waals surface area (Å²) in [5.41, 5.74) is 6.63. The Hall–Kier alpha value is -3.20. The number of ether oxygens (including phenoxy) is 3. The zero-order valence-electron chi connectivity index (χ0n) is 15.5. The normalized spacial score (nSPS) is 21.3. The SMILES string of the molecule is CC(=O)OC[C@@H]1C[C@@H](OC(C)=O)[C@H](n2cc(-c3ccccc3)c(N)nc2=O)O1. The molecule has 1 aromatic heterocycles. The molecule has 0 radical (unpaired) electrons. The third-order valence-corrected chi connectivity index (χ3v) is 4.28. The Morgan fingerprint density at radius 3 is 2.61 bits per heavy atom. The van der Waals surface area contributed by atoms with Gasteiger partial charge in [0.15, 0.2) is 6.23 Å². The van der Waals surface area contributed by atoms with Crippen molar-refractivity contribution in [2.75, 3.05) is 12.3 Å². The first-order valence-electron chi connectivity index (χ1n) is 8.75. The van der Waals surface area contributed by atoms with Gasteiger partial charge in [-0.3, -0.25) is 14.2 Å². The molecule has 2 N–H and O–H groups in total. The number of rotatable bonds is 5. The molecule has 0 bridgehead atoms. The Bertz CT molecular complexity index is 927. The van der Waals surface area contributed by atoms with Crippen molar-refractivity contribution in [3.8, 4) is 11.1 Å². The summed E-state index contributed by atoms with van der Waals surface area (Å²) in [6, 6.07) is 9.22. The van der Waals surface area contributed by atoms with Crippen LogP contribution in [-0.4, -0.2) is 40.3 Å². The molecule has 28 heavy (non-hydrogen) atoms. The minimum atomic E-state index is -0.910. The number of hydrogen-bond acceptors (Lipinski definition) is 8. The van der Waals surface area contributed by atoms with E-state index in [-0.39, 0.29) is 18.8 Å². The third-order valence-electron chi connectivity index (χ3n) is 4.28. The number of nitrogens with zero attached hydrogens (tertiary/aromatic N) is 2. The van der Waals surface area contributed by atoms with Gasteiger partial charge in [0.05, 0.1) is 6.10 Å². The first-order chi connectivity index (χ1) is 13.3. The van der Waals surface area contributed by atoms with Gasteiger partial charge in [0.1, 0.15) is 18.5 Å². The predicted molar refractivity (Wildman–Crippen MR) is 99.1 cm³/mol. The molecule has 9 heteroatoms. The van der Waals surface area contributed by atoms with Crippen molar-refractivity contribution in [3.63, 3.8) is 0 Å². The van der Waals surface area contributed by atoms with E-state index >= 15 is 0 Å². The van der Waals surface area contributed by atoms with Gasteiger partial charge in [-0.05, 0) is 5.56 Å². The molecule has 148 valence electrons. The van der Waals surface area contributed by atoms with E-state index in [0.29, 0.717) is 5.56 Å². The highest BCUT2D eigenvalue weighted by molar-refractivity contribution is 5.72. The fraction of sp³-hybridized carbons (Fsp3) is 0.368. The summed E-state index contributed by atoms with van der Waals surface area (Å²) < 4.78 is 17.4. The van der Waals surface area contributed by atoms with E-state index in [9.17, 15) is 14.4 Å². The van der Waals surface area contributed by atoms with Gasteiger partial charge in [-0.1, -0.05) is 30.3 Å². The molecule has 3 rings (SSSR count). The number of nitrogens with two attached hydrogens (primary N) is 1. The van der Waals surface area contributed by atoms with Gasteiger partial charge in [0.25, 0.3) is 0 Å². The van der Waals surface area contributed by atoms with E-state index in [1.54, 1.807) is 0 Å². The van der Waals surface area contributed by atoms with Crippen LogP contribution in [0.4, 0.5) is 5.82 Å². The smallest absolute Gasteiger partial charge is 0.351 e. The van der Waals surface area contributed by atoms with Crippen LogP contribution in [0.25, 0.3) is 11.1 Å². The quantitative estimate of drug-likeness (QED) is 0.761. The molecule has 3 atom stereocenters. The van der Waals surface area contributed by atoms with Crippen molar-refractivity contribution in [2.45, 2.75) is 38.7 Å². The van der Waals surface area contributed by atoms with Gasteiger partial charge >= 0.3 is 17.6 Å². The molecule has 9 nitrogen and oxygen atoms in total. The van der Waals surface area contributed by atoms with Crippen molar-refractivity contribution < 1.29 is 23.8 Å². The van der Waals surface area contributed by atoms with E-state index in [1.165, 1.54) is 24.6 Å². The van der Waals surface area contributed by atoms with Crippen LogP contribution in [0, 0.1) is 0 Å². The number of carbonyl (C=O) groups excluding carboxylic acids is 2. The lowest BCUT2D eigenvalue weighted by Gasteiger charge is -2.21. The van der Waals surface area contributed by atoms with Gasteiger partial charge in [-0.25, -0.2) is 4.79 Å². The van der Waals surface area contributed by atoms with Crippen LogP contribution >= 0.6 is 0 Å². The lowest BCUT2D eigenvalue weighted by Crippen LogP contribution is -2.34. The number of esters is 2. The second kappa shape index (κ2) is 8.22. The second-order valence-corrected chi connectivity index (χ2v) is 6.43. The number of anilines is 1. The second-order valence-electron chi connectivity index (χ2n) is 6.43. The highest BCUT2D eigenvalue weighted by Gasteiger charge is 2.40. The minimum Gasteiger partial charge on any atom is -0.463 e. The third kappa shape index (κ3) is 4.37. The van der Waals surface area contributed by atoms with E-state index in [4.69, 9.17) is 19.9 Å². The molecule has 2 heterocycles. The molecule has 1 fully saturated rings.